The van der Waals surface area contributed by atoms with Crippen LogP contribution in [0.1, 0.15) is 13.3 Å². The van der Waals surface area contributed by atoms with Gasteiger partial charge in [-0.1, -0.05) is 6.58 Å². The first-order chi connectivity index (χ1) is 13.9. The van der Waals surface area contributed by atoms with E-state index in [1.807, 2.05) is 31.2 Å². The van der Waals surface area contributed by atoms with Crippen LogP contribution in [0.5, 0.6) is 0 Å². The average molecular weight is 394 g/mol. The maximum absolute atomic E-state index is 10.6. The number of hydrogen-bond acceptors (Lipinski definition) is 7. The van der Waals surface area contributed by atoms with Gasteiger partial charge in [0.15, 0.2) is 0 Å². The SMILES string of the molecule is C=CC(N)=O.CCN(CCC#N)c1ccc(N=Nc2ccc([N+](=O)[O-])cc2)cc1. The third-order valence-electron chi connectivity index (χ3n) is 3.63. The second-order valence-corrected chi connectivity index (χ2v) is 5.58. The molecule has 0 saturated heterocycles. The summed E-state index contributed by atoms with van der Waals surface area (Å²) in [6.07, 6.45) is 1.54. The van der Waals surface area contributed by atoms with Crippen molar-refractivity contribution >= 4 is 28.7 Å². The summed E-state index contributed by atoms with van der Waals surface area (Å²) in [5.41, 5.74) is 6.83. The molecule has 0 aromatic heterocycles. The predicted octanol–water partition coefficient (Wildman–Crippen LogP) is 4.41. The van der Waals surface area contributed by atoms with E-state index in [4.69, 9.17) is 5.26 Å². The molecule has 29 heavy (non-hydrogen) atoms. The van der Waals surface area contributed by atoms with Crippen LogP contribution in [0.2, 0.25) is 0 Å². The molecule has 2 aromatic carbocycles. The standard InChI is InChI=1S/C17H17N5O2.C3H5NO/c1-2-21(13-3-12-18)16-8-4-14(5-9-16)19-20-15-6-10-17(11-7-15)22(23)24;1-2-3(4)5/h4-11H,2-3,13H2,1H3;2H,1H2,(H2,4,5). The van der Waals surface area contributed by atoms with Crippen LogP contribution in [0.4, 0.5) is 22.7 Å². The number of nitriles is 1. The van der Waals surface area contributed by atoms with Gasteiger partial charge in [-0.25, -0.2) is 0 Å². The summed E-state index contributed by atoms with van der Waals surface area (Å²) in [7, 11) is 0. The normalized spacial score (nSPS) is 9.79. The third-order valence-corrected chi connectivity index (χ3v) is 3.63. The Morgan fingerprint density at radius 3 is 2.07 bits per heavy atom. The number of nitro benzene ring substituents is 1. The number of primary amides is 1. The molecule has 0 saturated carbocycles. The van der Waals surface area contributed by atoms with Crippen molar-refractivity contribution in [3.8, 4) is 6.07 Å². The van der Waals surface area contributed by atoms with Crippen LogP contribution >= 0.6 is 0 Å². The second-order valence-electron chi connectivity index (χ2n) is 5.58. The number of benzene rings is 2. The maximum atomic E-state index is 10.6. The molecule has 2 N–H and O–H groups in total. The smallest absolute Gasteiger partial charge is 0.269 e. The van der Waals surface area contributed by atoms with Crippen LogP contribution in [0, 0.1) is 21.4 Å². The van der Waals surface area contributed by atoms with Gasteiger partial charge in [0.05, 0.1) is 28.8 Å². The summed E-state index contributed by atoms with van der Waals surface area (Å²) in [4.78, 5) is 21.7. The van der Waals surface area contributed by atoms with Gasteiger partial charge >= 0.3 is 0 Å². The predicted molar refractivity (Wildman–Crippen MR) is 111 cm³/mol. The summed E-state index contributed by atoms with van der Waals surface area (Å²) < 4.78 is 0. The number of rotatable bonds is 8. The summed E-state index contributed by atoms with van der Waals surface area (Å²) in [6.45, 7) is 6.64. The quantitative estimate of drug-likeness (QED) is 0.306. The molecule has 9 nitrogen and oxygen atoms in total. The molecule has 1 amide bonds. The molecule has 0 aliphatic rings. The zero-order valence-electron chi connectivity index (χ0n) is 16.1. The van der Waals surface area contributed by atoms with Gasteiger partial charge in [0.1, 0.15) is 0 Å². The topological polar surface area (TPSA) is 138 Å². The molecule has 0 aliphatic heterocycles. The van der Waals surface area contributed by atoms with E-state index in [0.29, 0.717) is 24.3 Å². The van der Waals surface area contributed by atoms with Gasteiger partial charge in [0.2, 0.25) is 5.91 Å². The number of nitrogens with two attached hydrogens (primary N) is 1. The van der Waals surface area contributed by atoms with Gasteiger partial charge in [0.25, 0.3) is 5.69 Å². The number of carbonyl (C=O) groups is 1. The Morgan fingerprint density at radius 1 is 1.21 bits per heavy atom. The number of hydrogen-bond donors (Lipinski definition) is 1. The average Bonchev–Trinajstić information content (AvgIpc) is 2.74. The fraction of sp³-hybridized carbons (Fsp3) is 0.200. The summed E-state index contributed by atoms with van der Waals surface area (Å²) in [6, 6.07) is 15.6. The number of amides is 1. The van der Waals surface area contributed by atoms with E-state index < -0.39 is 10.8 Å². The third kappa shape index (κ3) is 8.45. The molecule has 0 bridgehead atoms. The van der Waals surface area contributed by atoms with Gasteiger partial charge in [-0.3, -0.25) is 14.9 Å². The molecular formula is C20H22N6O3. The molecular weight excluding hydrogens is 372 g/mol. The van der Waals surface area contributed by atoms with Crippen molar-refractivity contribution in [2.24, 2.45) is 16.0 Å². The number of nitrogens with zero attached hydrogens (tertiary/aromatic N) is 5. The monoisotopic (exact) mass is 394 g/mol. The lowest BCUT2D eigenvalue weighted by molar-refractivity contribution is -0.384. The molecule has 0 radical (unpaired) electrons. The van der Waals surface area contributed by atoms with Crippen LogP contribution in [-0.2, 0) is 4.79 Å². The van der Waals surface area contributed by atoms with Gasteiger partial charge in [-0.2, -0.15) is 15.5 Å². The van der Waals surface area contributed by atoms with E-state index in [1.54, 1.807) is 12.1 Å². The summed E-state index contributed by atoms with van der Waals surface area (Å²) >= 11 is 0. The minimum atomic E-state index is -0.481. The lowest BCUT2D eigenvalue weighted by Crippen LogP contribution is -2.23. The van der Waals surface area contributed by atoms with Crippen LogP contribution in [-0.4, -0.2) is 23.9 Å². The van der Waals surface area contributed by atoms with Crippen LogP contribution in [0.3, 0.4) is 0 Å². The largest absolute Gasteiger partial charge is 0.371 e. The molecule has 2 aromatic rings. The summed E-state index contributed by atoms with van der Waals surface area (Å²) in [5, 5.41) is 27.5. The highest BCUT2D eigenvalue weighted by molar-refractivity contribution is 5.84. The molecule has 0 spiro atoms. The van der Waals surface area contributed by atoms with E-state index in [9.17, 15) is 14.9 Å². The van der Waals surface area contributed by atoms with Crippen molar-refractivity contribution in [1.29, 1.82) is 5.26 Å². The zero-order chi connectivity index (χ0) is 21.6. The van der Waals surface area contributed by atoms with Gasteiger partial charge in [-0.15, -0.1) is 0 Å². The lowest BCUT2D eigenvalue weighted by atomic mass is 10.2. The molecule has 150 valence electrons. The number of carbonyl (C=O) groups excluding carboxylic acids is 1. The number of azo groups is 1. The fourth-order valence-corrected chi connectivity index (χ4v) is 2.14. The fourth-order valence-electron chi connectivity index (χ4n) is 2.14. The minimum absolute atomic E-state index is 0.0235. The number of non-ortho nitro benzene ring substituents is 1. The summed E-state index contributed by atoms with van der Waals surface area (Å²) in [5.74, 6) is -0.481. The molecule has 9 heteroatoms. The minimum Gasteiger partial charge on any atom is -0.371 e. The van der Waals surface area contributed by atoms with Crippen LogP contribution in [0.25, 0.3) is 0 Å². The van der Waals surface area contributed by atoms with Crippen molar-refractivity contribution in [2.75, 3.05) is 18.0 Å². The Bertz CT molecular complexity index is 886. The first kappa shape index (κ1) is 23.0. The van der Waals surface area contributed by atoms with Gasteiger partial charge in [0, 0.05) is 30.9 Å². The van der Waals surface area contributed by atoms with Crippen molar-refractivity contribution in [3.63, 3.8) is 0 Å². The van der Waals surface area contributed by atoms with Crippen LogP contribution in [0.15, 0.2) is 71.4 Å². The molecule has 2 rings (SSSR count). The second kappa shape index (κ2) is 12.3. The Labute approximate surface area is 168 Å². The number of anilines is 1. The van der Waals surface area contributed by atoms with Crippen LogP contribution < -0.4 is 10.6 Å². The van der Waals surface area contributed by atoms with Crippen molar-refractivity contribution in [2.45, 2.75) is 13.3 Å². The van der Waals surface area contributed by atoms with E-state index >= 15 is 0 Å². The Balaban J connectivity index is 0.000000749. The highest BCUT2D eigenvalue weighted by Gasteiger charge is 2.04. The maximum Gasteiger partial charge on any atom is 0.269 e. The van der Waals surface area contributed by atoms with Crippen molar-refractivity contribution < 1.29 is 9.72 Å². The molecule has 0 atom stereocenters. The zero-order valence-corrected chi connectivity index (χ0v) is 16.1. The highest BCUT2D eigenvalue weighted by Crippen LogP contribution is 2.23. The van der Waals surface area contributed by atoms with E-state index in [2.05, 4.69) is 33.5 Å². The van der Waals surface area contributed by atoms with Gasteiger partial charge in [-0.05, 0) is 49.4 Å². The molecule has 0 unspecified atom stereocenters. The number of nitro groups is 1. The first-order valence-electron chi connectivity index (χ1n) is 8.71. The van der Waals surface area contributed by atoms with E-state index in [0.717, 1.165) is 18.3 Å². The Kier molecular flexibility index (Phi) is 9.79. The molecule has 0 aliphatic carbocycles. The van der Waals surface area contributed by atoms with Gasteiger partial charge < -0.3 is 10.6 Å². The van der Waals surface area contributed by atoms with E-state index in [1.165, 1.54) is 12.1 Å². The molecule has 0 fully saturated rings. The Morgan fingerprint density at radius 2 is 1.69 bits per heavy atom. The van der Waals surface area contributed by atoms with Crippen molar-refractivity contribution in [3.05, 3.63) is 71.3 Å². The molecule has 0 heterocycles. The van der Waals surface area contributed by atoms with E-state index in [-0.39, 0.29) is 5.69 Å². The Hall–Kier alpha value is -4.06. The lowest BCUT2D eigenvalue weighted by Gasteiger charge is -2.21. The van der Waals surface area contributed by atoms with Crippen molar-refractivity contribution in [1.82, 2.24) is 0 Å². The highest BCUT2D eigenvalue weighted by atomic mass is 16.6. The first-order valence-corrected chi connectivity index (χ1v) is 8.71.